The molecule has 1 N–H and O–H groups in total. The molecule has 1 heterocycles. The number of nitrogens with one attached hydrogen (secondary N) is 1. The van der Waals surface area contributed by atoms with E-state index in [0.29, 0.717) is 6.04 Å². The van der Waals surface area contributed by atoms with E-state index >= 15 is 0 Å². The van der Waals surface area contributed by atoms with Gasteiger partial charge in [0, 0.05) is 19.1 Å². The molecular weight excluding hydrogens is 248 g/mol. The number of piperidine rings is 1. The summed E-state index contributed by atoms with van der Waals surface area (Å²) in [6.07, 6.45) is 2.69. The van der Waals surface area contributed by atoms with E-state index in [9.17, 15) is 0 Å². The van der Waals surface area contributed by atoms with Crippen molar-refractivity contribution in [3.63, 3.8) is 0 Å². The van der Waals surface area contributed by atoms with Gasteiger partial charge in [0.25, 0.3) is 0 Å². The van der Waals surface area contributed by atoms with Crippen LogP contribution in [0.1, 0.15) is 32.3 Å². The molecular formula is C17H28N2O. The highest BCUT2D eigenvalue weighted by Gasteiger charge is 2.23. The van der Waals surface area contributed by atoms with Crippen LogP contribution in [0.15, 0.2) is 24.3 Å². The maximum atomic E-state index is 5.19. The molecule has 112 valence electrons. The molecule has 2 unspecified atom stereocenters. The lowest BCUT2D eigenvalue weighted by molar-refractivity contribution is 0.157. The van der Waals surface area contributed by atoms with Crippen LogP contribution in [0.3, 0.4) is 0 Å². The predicted molar refractivity (Wildman–Crippen MR) is 84.1 cm³/mol. The van der Waals surface area contributed by atoms with E-state index in [2.05, 4.69) is 36.2 Å². The van der Waals surface area contributed by atoms with Crippen molar-refractivity contribution in [1.82, 2.24) is 10.2 Å². The molecule has 2 atom stereocenters. The summed E-state index contributed by atoms with van der Waals surface area (Å²) in [6, 6.07) is 8.91. The monoisotopic (exact) mass is 276 g/mol. The number of ether oxygens (including phenoxy) is 1. The lowest BCUT2D eigenvalue weighted by Crippen LogP contribution is -2.44. The predicted octanol–water partition coefficient (Wildman–Crippen LogP) is 2.91. The minimum atomic E-state index is 0.575. The van der Waals surface area contributed by atoms with Gasteiger partial charge in [-0.2, -0.15) is 0 Å². The van der Waals surface area contributed by atoms with Crippen LogP contribution in [0.2, 0.25) is 0 Å². The minimum Gasteiger partial charge on any atom is -0.497 e. The maximum absolute atomic E-state index is 5.19. The normalized spacial score (nSPS) is 21.6. The van der Waals surface area contributed by atoms with Crippen molar-refractivity contribution < 1.29 is 4.74 Å². The van der Waals surface area contributed by atoms with Crippen LogP contribution in [0, 0.1) is 5.92 Å². The van der Waals surface area contributed by atoms with Crippen molar-refractivity contribution in [2.24, 2.45) is 5.92 Å². The summed E-state index contributed by atoms with van der Waals surface area (Å²) in [5, 5.41) is 3.68. The molecule has 0 amide bonds. The quantitative estimate of drug-likeness (QED) is 0.864. The zero-order chi connectivity index (χ0) is 14.4. The van der Waals surface area contributed by atoms with Gasteiger partial charge in [0.15, 0.2) is 0 Å². The van der Waals surface area contributed by atoms with Crippen molar-refractivity contribution in [2.75, 3.05) is 26.7 Å². The summed E-state index contributed by atoms with van der Waals surface area (Å²) in [6.45, 7) is 9.23. The van der Waals surface area contributed by atoms with E-state index in [1.54, 1.807) is 7.11 Å². The molecule has 20 heavy (non-hydrogen) atoms. The summed E-state index contributed by atoms with van der Waals surface area (Å²) in [5.41, 5.74) is 1.32. The molecule has 1 aromatic rings. The number of nitrogens with zero attached hydrogens (tertiary/aromatic N) is 1. The standard InChI is InChI=1S/C17H28N2O/c1-4-19-11-5-6-16(13-19)14(2)18-12-15-7-9-17(20-3)10-8-15/h7-10,14,16,18H,4-6,11-13H2,1-3H3. The van der Waals surface area contributed by atoms with E-state index in [1.807, 2.05) is 12.1 Å². The van der Waals surface area contributed by atoms with Crippen LogP contribution in [0.25, 0.3) is 0 Å². The zero-order valence-electron chi connectivity index (χ0n) is 13.1. The smallest absolute Gasteiger partial charge is 0.118 e. The van der Waals surface area contributed by atoms with Gasteiger partial charge >= 0.3 is 0 Å². The Morgan fingerprint density at radius 1 is 1.35 bits per heavy atom. The largest absolute Gasteiger partial charge is 0.497 e. The molecule has 3 heteroatoms. The first-order chi connectivity index (χ1) is 9.72. The Bertz CT molecular complexity index is 390. The highest BCUT2D eigenvalue weighted by atomic mass is 16.5. The van der Waals surface area contributed by atoms with Crippen LogP contribution in [0.5, 0.6) is 5.75 Å². The van der Waals surface area contributed by atoms with Gasteiger partial charge in [-0.05, 0) is 56.5 Å². The van der Waals surface area contributed by atoms with E-state index in [4.69, 9.17) is 4.74 Å². The second-order valence-electron chi connectivity index (χ2n) is 5.81. The molecule has 0 aromatic heterocycles. The Balaban J connectivity index is 1.80. The topological polar surface area (TPSA) is 24.5 Å². The van der Waals surface area contributed by atoms with Crippen molar-refractivity contribution >= 4 is 0 Å². The third-order valence-electron chi connectivity index (χ3n) is 4.48. The van der Waals surface area contributed by atoms with Crippen molar-refractivity contribution in [2.45, 2.75) is 39.3 Å². The summed E-state index contributed by atoms with van der Waals surface area (Å²) in [7, 11) is 1.71. The number of hydrogen-bond donors (Lipinski definition) is 1. The van der Waals surface area contributed by atoms with E-state index < -0.39 is 0 Å². The molecule has 1 aliphatic heterocycles. The SMILES string of the molecule is CCN1CCCC(C(C)NCc2ccc(OC)cc2)C1. The minimum absolute atomic E-state index is 0.575. The van der Waals surface area contributed by atoms with Crippen LogP contribution in [0.4, 0.5) is 0 Å². The molecule has 0 saturated carbocycles. The number of rotatable bonds is 6. The molecule has 3 nitrogen and oxygen atoms in total. The van der Waals surface area contributed by atoms with Gasteiger partial charge in [0.05, 0.1) is 7.11 Å². The Labute approximate surface area is 123 Å². The number of benzene rings is 1. The van der Waals surface area contributed by atoms with Crippen LogP contribution in [-0.4, -0.2) is 37.7 Å². The fraction of sp³-hybridized carbons (Fsp3) is 0.647. The third-order valence-corrected chi connectivity index (χ3v) is 4.48. The summed E-state index contributed by atoms with van der Waals surface area (Å²) >= 11 is 0. The second-order valence-corrected chi connectivity index (χ2v) is 5.81. The lowest BCUT2D eigenvalue weighted by Gasteiger charge is -2.35. The Kier molecular flexibility index (Phi) is 5.86. The Morgan fingerprint density at radius 2 is 2.10 bits per heavy atom. The van der Waals surface area contributed by atoms with Gasteiger partial charge in [-0.25, -0.2) is 0 Å². The number of hydrogen-bond acceptors (Lipinski definition) is 3. The summed E-state index contributed by atoms with van der Waals surface area (Å²) in [5.74, 6) is 1.70. The third kappa shape index (κ3) is 4.22. The lowest BCUT2D eigenvalue weighted by atomic mass is 9.91. The van der Waals surface area contributed by atoms with Crippen molar-refractivity contribution in [3.05, 3.63) is 29.8 Å². The van der Waals surface area contributed by atoms with E-state index in [-0.39, 0.29) is 0 Å². The molecule has 0 aliphatic carbocycles. The number of methoxy groups -OCH3 is 1. The van der Waals surface area contributed by atoms with Gasteiger partial charge < -0.3 is 15.0 Å². The van der Waals surface area contributed by atoms with Crippen molar-refractivity contribution in [3.8, 4) is 5.75 Å². The first-order valence-corrected chi connectivity index (χ1v) is 7.81. The molecule has 0 spiro atoms. The average Bonchev–Trinajstić information content (AvgIpc) is 2.53. The molecule has 1 aliphatic rings. The van der Waals surface area contributed by atoms with Gasteiger partial charge in [0.2, 0.25) is 0 Å². The first-order valence-electron chi connectivity index (χ1n) is 7.81. The molecule has 0 bridgehead atoms. The van der Waals surface area contributed by atoms with E-state index in [1.165, 1.54) is 38.0 Å². The van der Waals surface area contributed by atoms with Gasteiger partial charge in [-0.1, -0.05) is 19.1 Å². The summed E-state index contributed by atoms with van der Waals surface area (Å²) < 4.78 is 5.19. The fourth-order valence-electron chi connectivity index (χ4n) is 2.98. The summed E-state index contributed by atoms with van der Waals surface area (Å²) in [4.78, 5) is 2.57. The van der Waals surface area contributed by atoms with Gasteiger partial charge in [0.1, 0.15) is 5.75 Å². The number of likely N-dealkylation sites (tertiary alicyclic amines) is 1. The Morgan fingerprint density at radius 3 is 2.75 bits per heavy atom. The second kappa shape index (κ2) is 7.65. The zero-order valence-corrected chi connectivity index (χ0v) is 13.1. The fourth-order valence-corrected chi connectivity index (χ4v) is 2.98. The van der Waals surface area contributed by atoms with Gasteiger partial charge in [-0.15, -0.1) is 0 Å². The van der Waals surface area contributed by atoms with Crippen molar-refractivity contribution in [1.29, 1.82) is 0 Å². The molecule has 1 fully saturated rings. The van der Waals surface area contributed by atoms with E-state index in [0.717, 1.165) is 18.2 Å². The highest BCUT2D eigenvalue weighted by Crippen LogP contribution is 2.20. The van der Waals surface area contributed by atoms with Crippen LogP contribution >= 0.6 is 0 Å². The Hall–Kier alpha value is -1.06. The van der Waals surface area contributed by atoms with Crippen LogP contribution < -0.4 is 10.1 Å². The average molecular weight is 276 g/mol. The first kappa shape index (κ1) is 15.3. The molecule has 1 aromatic carbocycles. The van der Waals surface area contributed by atoms with Gasteiger partial charge in [-0.3, -0.25) is 0 Å². The maximum Gasteiger partial charge on any atom is 0.118 e. The van der Waals surface area contributed by atoms with Crippen LogP contribution in [-0.2, 0) is 6.54 Å². The highest BCUT2D eigenvalue weighted by molar-refractivity contribution is 5.27. The molecule has 0 radical (unpaired) electrons. The molecule has 2 rings (SSSR count). The molecule has 1 saturated heterocycles.